The molecule has 94 valence electrons. The average molecular weight is 241 g/mol. The van der Waals surface area contributed by atoms with E-state index in [1.54, 1.807) is 12.3 Å². The van der Waals surface area contributed by atoms with Gasteiger partial charge in [0.1, 0.15) is 0 Å². The van der Waals surface area contributed by atoms with Crippen molar-refractivity contribution in [2.45, 2.75) is 31.9 Å². The topological polar surface area (TPSA) is 32.6 Å². The van der Waals surface area contributed by atoms with Crippen LogP contribution in [-0.2, 0) is 0 Å². The van der Waals surface area contributed by atoms with Crippen LogP contribution in [0.25, 0.3) is 0 Å². The second-order valence-corrected chi connectivity index (χ2v) is 4.83. The molecule has 1 aromatic rings. The third-order valence-corrected chi connectivity index (χ3v) is 3.32. The zero-order valence-corrected chi connectivity index (χ0v) is 10.9. The molecule has 1 N–H and O–H groups in total. The van der Waals surface area contributed by atoms with Gasteiger partial charge in [-0.1, -0.05) is 48.1 Å². The van der Waals surface area contributed by atoms with E-state index >= 15 is 0 Å². The van der Waals surface area contributed by atoms with Crippen LogP contribution in [0.3, 0.4) is 0 Å². The van der Waals surface area contributed by atoms with E-state index in [-0.39, 0.29) is 18.1 Å². The smallest absolute Gasteiger partial charge is 0.0860 e. The van der Waals surface area contributed by atoms with E-state index in [9.17, 15) is 5.11 Å². The van der Waals surface area contributed by atoms with Gasteiger partial charge in [-0.3, -0.25) is 4.99 Å². The highest BCUT2D eigenvalue weighted by atomic mass is 16.3. The van der Waals surface area contributed by atoms with Crippen LogP contribution in [0.4, 0.5) is 0 Å². The van der Waals surface area contributed by atoms with Crippen LogP contribution in [0, 0.1) is 6.92 Å². The number of nitrogens with zero attached hydrogens (tertiary/aromatic N) is 1. The summed E-state index contributed by atoms with van der Waals surface area (Å²) in [5.41, 5.74) is 3.47. The Morgan fingerprint density at radius 2 is 2.00 bits per heavy atom. The lowest BCUT2D eigenvalue weighted by atomic mass is 10.1. The van der Waals surface area contributed by atoms with E-state index in [2.05, 4.69) is 42.8 Å². The number of aliphatic hydroxyl groups excluding tert-OH is 1. The first kappa shape index (κ1) is 12.8. The van der Waals surface area contributed by atoms with Crippen molar-refractivity contribution in [3.05, 3.63) is 59.7 Å². The number of aliphatic imine (C=N–C) groups is 1. The monoisotopic (exact) mass is 241 g/mol. The Hall–Kier alpha value is -1.67. The van der Waals surface area contributed by atoms with Crippen LogP contribution in [0.1, 0.15) is 24.0 Å². The molecule has 0 saturated heterocycles. The van der Waals surface area contributed by atoms with Crippen molar-refractivity contribution in [3.8, 4) is 0 Å². The highest BCUT2D eigenvalue weighted by molar-refractivity contribution is 5.73. The average Bonchev–Trinajstić information content (AvgIpc) is 3.01. The Morgan fingerprint density at radius 1 is 1.33 bits per heavy atom. The Morgan fingerprint density at radius 3 is 2.61 bits per heavy atom. The van der Waals surface area contributed by atoms with E-state index in [1.165, 1.54) is 11.1 Å². The molecule has 1 fully saturated rings. The van der Waals surface area contributed by atoms with Gasteiger partial charge in [-0.15, -0.1) is 0 Å². The molecule has 2 rings (SSSR count). The summed E-state index contributed by atoms with van der Waals surface area (Å²) in [4.78, 5) is 4.39. The van der Waals surface area contributed by atoms with Gasteiger partial charge in [-0.25, -0.2) is 0 Å². The third-order valence-electron chi connectivity index (χ3n) is 3.32. The maximum absolute atomic E-state index is 9.88. The summed E-state index contributed by atoms with van der Waals surface area (Å²) in [6, 6.07) is 8.29. The summed E-state index contributed by atoms with van der Waals surface area (Å²) in [6.45, 7) is 7.71. The van der Waals surface area contributed by atoms with Crippen molar-refractivity contribution in [1.29, 1.82) is 0 Å². The van der Waals surface area contributed by atoms with E-state index in [4.69, 9.17) is 0 Å². The lowest BCUT2D eigenvalue weighted by Crippen LogP contribution is -1.86. The Balaban J connectivity index is 2.02. The second-order valence-electron chi connectivity index (χ2n) is 4.83. The van der Waals surface area contributed by atoms with E-state index < -0.39 is 0 Å². The Labute approximate surface area is 108 Å². The molecular formula is C16H19NO. The molecule has 0 aromatic heterocycles. The number of hydrogen-bond acceptors (Lipinski definition) is 2. The van der Waals surface area contributed by atoms with Gasteiger partial charge in [-0.2, -0.15) is 0 Å². The number of allylic oxidation sites excluding steroid dienone is 3. The lowest BCUT2D eigenvalue weighted by Gasteiger charge is -1.98. The largest absolute Gasteiger partial charge is 0.390 e. The van der Waals surface area contributed by atoms with Crippen molar-refractivity contribution in [1.82, 2.24) is 0 Å². The lowest BCUT2D eigenvalue weighted by molar-refractivity contribution is 0.266. The van der Waals surface area contributed by atoms with Crippen molar-refractivity contribution in [2.24, 2.45) is 4.99 Å². The van der Waals surface area contributed by atoms with E-state index in [1.807, 2.05) is 13.0 Å². The summed E-state index contributed by atoms with van der Waals surface area (Å²) in [5, 5.41) is 9.88. The normalized spacial score (nSPS) is 27.5. The van der Waals surface area contributed by atoms with Gasteiger partial charge in [0.05, 0.1) is 12.1 Å². The van der Waals surface area contributed by atoms with Crippen LogP contribution in [0.15, 0.2) is 53.6 Å². The molecule has 2 heteroatoms. The van der Waals surface area contributed by atoms with Gasteiger partial charge in [0.25, 0.3) is 0 Å². The fourth-order valence-corrected chi connectivity index (χ4v) is 1.97. The maximum atomic E-state index is 9.88. The minimum Gasteiger partial charge on any atom is -0.390 e. The first-order valence-corrected chi connectivity index (χ1v) is 6.20. The molecule has 0 amide bonds. The van der Waals surface area contributed by atoms with Crippen molar-refractivity contribution < 1.29 is 5.11 Å². The molecule has 0 aliphatic heterocycles. The summed E-state index contributed by atoms with van der Waals surface area (Å²) >= 11 is 0. The summed E-state index contributed by atoms with van der Waals surface area (Å²) in [7, 11) is 0. The molecule has 3 atom stereocenters. The second kappa shape index (κ2) is 5.32. The van der Waals surface area contributed by atoms with Crippen LogP contribution in [0.5, 0.6) is 0 Å². The molecule has 18 heavy (non-hydrogen) atoms. The zero-order valence-electron chi connectivity index (χ0n) is 10.9. The van der Waals surface area contributed by atoms with Crippen LogP contribution in [0.2, 0.25) is 0 Å². The predicted octanol–water partition coefficient (Wildman–Crippen LogP) is 3.02. The quantitative estimate of drug-likeness (QED) is 0.638. The number of rotatable bonds is 4. The van der Waals surface area contributed by atoms with Gasteiger partial charge in [-0.05, 0) is 25.5 Å². The number of hydrogen-bond donors (Lipinski definition) is 1. The van der Waals surface area contributed by atoms with Gasteiger partial charge in [0, 0.05) is 12.1 Å². The minimum absolute atomic E-state index is 0.00146. The highest BCUT2D eigenvalue weighted by Gasteiger charge is 2.49. The van der Waals surface area contributed by atoms with E-state index in [0.717, 1.165) is 5.57 Å². The SMILES string of the molecule is C=C/C(C)=C/C=N/C1C(O)C1c1ccc(C)cc1. The Kier molecular flexibility index (Phi) is 3.78. The molecule has 0 heterocycles. The number of aliphatic hydroxyl groups is 1. The van der Waals surface area contributed by atoms with E-state index in [0.29, 0.717) is 0 Å². The predicted molar refractivity (Wildman–Crippen MR) is 76.2 cm³/mol. The van der Waals surface area contributed by atoms with Crippen LogP contribution >= 0.6 is 0 Å². The summed E-state index contributed by atoms with van der Waals surface area (Å²) in [5.74, 6) is 0.152. The molecule has 1 aromatic carbocycles. The van der Waals surface area contributed by atoms with Crippen LogP contribution < -0.4 is 0 Å². The number of benzene rings is 1. The maximum Gasteiger partial charge on any atom is 0.0860 e. The minimum atomic E-state index is -0.346. The number of aryl methyl sites for hydroxylation is 1. The molecule has 1 saturated carbocycles. The fraction of sp³-hybridized carbons (Fsp3) is 0.312. The fourth-order valence-electron chi connectivity index (χ4n) is 1.97. The molecule has 2 nitrogen and oxygen atoms in total. The van der Waals surface area contributed by atoms with Gasteiger partial charge in [0.15, 0.2) is 0 Å². The molecule has 3 unspecified atom stereocenters. The molecule has 0 bridgehead atoms. The molecule has 1 aliphatic carbocycles. The molecule has 1 aliphatic rings. The van der Waals surface area contributed by atoms with Gasteiger partial charge < -0.3 is 5.11 Å². The van der Waals surface area contributed by atoms with Crippen LogP contribution in [-0.4, -0.2) is 23.5 Å². The molecule has 0 radical (unpaired) electrons. The summed E-state index contributed by atoms with van der Waals surface area (Å²) < 4.78 is 0. The van der Waals surface area contributed by atoms with Gasteiger partial charge >= 0.3 is 0 Å². The van der Waals surface area contributed by atoms with Crippen molar-refractivity contribution in [3.63, 3.8) is 0 Å². The molecular weight excluding hydrogens is 222 g/mol. The summed E-state index contributed by atoms with van der Waals surface area (Å²) in [6.07, 6.45) is 5.11. The molecule has 0 spiro atoms. The van der Waals surface area contributed by atoms with Gasteiger partial charge in [0.2, 0.25) is 0 Å². The first-order chi connectivity index (χ1) is 8.63. The zero-order chi connectivity index (χ0) is 13.1. The highest BCUT2D eigenvalue weighted by Crippen LogP contribution is 2.43. The van der Waals surface area contributed by atoms with Crippen molar-refractivity contribution in [2.75, 3.05) is 0 Å². The van der Waals surface area contributed by atoms with Crippen molar-refractivity contribution >= 4 is 6.21 Å². The first-order valence-electron chi connectivity index (χ1n) is 6.20. The Bertz CT molecular complexity index is 484. The third kappa shape index (κ3) is 2.77. The standard InChI is InChI=1S/C16H19NO/c1-4-11(2)9-10-17-15-14(16(15)18)13-7-5-12(3)6-8-13/h4-10,14-16,18H,1H2,2-3H3/b11-9+,17-10+.